The number of carbonyl (C=O) groups is 1. The van der Waals surface area contributed by atoms with Gasteiger partial charge < -0.3 is 14.8 Å². The van der Waals surface area contributed by atoms with Crippen LogP contribution in [0, 0.1) is 20.8 Å². The molecule has 0 bridgehead atoms. The Balaban J connectivity index is 1.98. The minimum atomic E-state index is -0.202. The summed E-state index contributed by atoms with van der Waals surface area (Å²) in [6.07, 6.45) is 2.05. The number of rotatable bonds is 8. The number of anilines is 1. The number of ether oxygens (including phenoxy) is 2. The van der Waals surface area contributed by atoms with Crippen molar-refractivity contribution in [3.05, 3.63) is 53.1 Å². The molecule has 0 aromatic heterocycles. The molecule has 0 radical (unpaired) electrons. The number of nitrogens with one attached hydrogen (secondary N) is 1. The number of hydrogen-bond donors (Lipinski definition) is 1. The van der Waals surface area contributed by atoms with Crippen molar-refractivity contribution in [3.8, 4) is 11.5 Å². The molecule has 0 saturated carbocycles. The van der Waals surface area contributed by atoms with Crippen molar-refractivity contribution in [2.24, 2.45) is 0 Å². The smallest absolute Gasteiger partial charge is 0.262 e. The number of carbonyl (C=O) groups excluding carboxylic acids is 1. The Hall–Kier alpha value is -2.49. The lowest BCUT2D eigenvalue weighted by molar-refractivity contribution is -0.118. The molecule has 0 unspecified atom stereocenters. The van der Waals surface area contributed by atoms with E-state index in [0.717, 1.165) is 35.3 Å². The third kappa shape index (κ3) is 5.24. The highest BCUT2D eigenvalue weighted by atomic mass is 16.5. The summed E-state index contributed by atoms with van der Waals surface area (Å²) in [7, 11) is 0. The minimum absolute atomic E-state index is 0.0333. The molecule has 2 aromatic rings. The quantitative estimate of drug-likeness (QED) is 0.701. The Morgan fingerprint density at radius 2 is 1.72 bits per heavy atom. The number of unbranched alkanes of at least 4 members (excludes halogenated alkanes) is 1. The molecule has 4 heteroatoms. The van der Waals surface area contributed by atoms with Crippen LogP contribution in [0.4, 0.5) is 5.69 Å². The normalized spacial score (nSPS) is 10.4. The summed E-state index contributed by atoms with van der Waals surface area (Å²) in [5.74, 6) is 1.27. The van der Waals surface area contributed by atoms with Gasteiger partial charge in [0, 0.05) is 0 Å². The van der Waals surface area contributed by atoms with Crippen molar-refractivity contribution in [3.63, 3.8) is 0 Å². The van der Waals surface area contributed by atoms with Crippen molar-refractivity contribution < 1.29 is 14.3 Å². The van der Waals surface area contributed by atoms with E-state index in [1.807, 2.05) is 51.1 Å². The highest BCUT2D eigenvalue weighted by molar-refractivity contribution is 5.93. The van der Waals surface area contributed by atoms with Crippen molar-refractivity contribution >= 4 is 11.6 Å². The molecule has 25 heavy (non-hydrogen) atoms. The van der Waals surface area contributed by atoms with Crippen LogP contribution in [0.2, 0.25) is 0 Å². The maximum atomic E-state index is 12.3. The molecule has 0 aliphatic carbocycles. The van der Waals surface area contributed by atoms with Crippen LogP contribution < -0.4 is 14.8 Å². The van der Waals surface area contributed by atoms with Gasteiger partial charge in [-0.3, -0.25) is 4.79 Å². The largest absolute Gasteiger partial charge is 0.491 e. The van der Waals surface area contributed by atoms with E-state index in [2.05, 4.69) is 18.3 Å². The van der Waals surface area contributed by atoms with Gasteiger partial charge in [0.1, 0.15) is 11.5 Å². The Bertz CT molecular complexity index is 725. The summed E-state index contributed by atoms with van der Waals surface area (Å²) >= 11 is 0. The zero-order valence-electron chi connectivity index (χ0n) is 15.5. The molecule has 0 saturated heterocycles. The molecule has 134 valence electrons. The molecule has 0 fully saturated rings. The summed E-state index contributed by atoms with van der Waals surface area (Å²) < 4.78 is 11.5. The molecule has 0 aliphatic rings. The van der Waals surface area contributed by atoms with Crippen molar-refractivity contribution in [1.29, 1.82) is 0 Å². The predicted molar refractivity (Wildman–Crippen MR) is 102 cm³/mol. The van der Waals surface area contributed by atoms with Crippen LogP contribution in [0.1, 0.15) is 36.5 Å². The fraction of sp³-hybridized carbons (Fsp3) is 0.381. The molecule has 4 nitrogen and oxygen atoms in total. The molecule has 0 heterocycles. The van der Waals surface area contributed by atoms with Gasteiger partial charge in [-0.1, -0.05) is 37.6 Å². The number of para-hydroxylation sites is 2. The van der Waals surface area contributed by atoms with Crippen molar-refractivity contribution in [1.82, 2.24) is 0 Å². The van der Waals surface area contributed by atoms with E-state index in [-0.39, 0.29) is 12.5 Å². The van der Waals surface area contributed by atoms with Crippen LogP contribution in [-0.2, 0) is 4.79 Å². The van der Waals surface area contributed by atoms with E-state index >= 15 is 0 Å². The van der Waals surface area contributed by atoms with Crippen molar-refractivity contribution in [2.45, 2.75) is 40.5 Å². The maximum Gasteiger partial charge on any atom is 0.262 e. The predicted octanol–water partition coefficient (Wildman–Crippen LogP) is 4.81. The van der Waals surface area contributed by atoms with E-state index < -0.39 is 0 Å². The first-order valence-corrected chi connectivity index (χ1v) is 8.74. The molecule has 2 rings (SSSR count). The van der Waals surface area contributed by atoms with Gasteiger partial charge in [-0.05, 0) is 56.0 Å². The lowest BCUT2D eigenvalue weighted by Gasteiger charge is -2.15. The molecular weight excluding hydrogens is 314 g/mol. The summed E-state index contributed by atoms with van der Waals surface area (Å²) in [4.78, 5) is 12.3. The van der Waals surface area contributed by atoms with Gasteiger partial charge in [0.15, 0.2) is 6.61 Å². The van der Waals surface area contributed by atoms with Gasteiger partial charge in [0.2, 0.25) is 0 Å². The van der Waals surface area contributed by atoms with Crippen LogP contribution in [0.25, 0.3) is 0 Å². The summed E-state index contributed by atoms with van der Waals surface area (Å²) in [5.41, 5.74) is 3.91. The topological polar surface area (TPSA) is 47.6 Å². The number of amides is 1. The first-order chi connectivity index (χ1) is 12.0. The van der Waals surface area contributed by atoms with Gasteiger partial charge >= 0.3 is 0 Å². The Morgan fingerprint density at radius 3 is 2.48 bits per heavy atom. The van der Waals surface area contributed by atoms with Crippen molar-refractivity contribution in [2.75, 3.05) is 18.5 Å². The zero-order chi connectivity index (χ0) is 18.2. The van der Waals surface area contributed by atoms with E-state index in [1.165, 1.54) is 0 Å². The third-order valence-corrected chi connectivity index (χ3v) is 4.14. The Morgan fingerprint density at radius 1 is 1.00 bits per heavy atom. The van der Waals surface area contributed by atoms with Crippen LogP contribution in [0.15, 0.2) is 36.4 Å². The van der Waals surface area contributed by atoms with Gasteiger partial charge in [0.25, 0.3) is 5.91 Å². The average Bonchev–Trinajstić information content (AvgIpc) is 2.60. The fourth-order valence-corrected chi connectivity index (χ4v) is 2.49. The van der Waals surface area contributed by atoms with E-state index in [0.29, 0.717) is 18.0 Å². The lowest BCUT2D eigenvalue weighted by Crippen LogP contribution is -2.21. The Labute approximate surface area is 150 Å². The monoisotopic (exact) mass is 341 g/mol. The second-order valence-electron chi connectivity index (χ2n) is 6.19. The van der Waals surface area contributed by atoms with Gasteiger partial charge in [-0.2, -0.15) is 0 Å². The summed E-state index contributed by atoms with van der Waals surface area (Å²) in [5, 5.41) is 2.87. The highest BCUT2D eigenvalue weighted by Gasteiger charge is 2.11. The number of benzene rings is 2. The number of hydrogen-bond acceptors (Lipinski definition) is 3. The molecule has 2 aromatic carbocycles. The van der Waals surface area contributed by atoms with Crippen LogP contribution >= 0.6 is 0 Å². The molecule has 0 spiro atoms. The van der Waals surface area contributed by atoms with Crippen LogP contribution in [0.5, 0.6) is 11.5 Å². The van der Waals surface area contributed by atoms with Crippen LogP contribution in [0.3, 0.4) is 0 Å². The average molecular weight is 341 g/mol. The van der Waals surface area contributed by atoms with E-state index in [9.17, 15) is 4.79 Å². The first kappa shape index (κ1) is 18.8. The SMILES string of the molecule is CCCCOc1ccccc1NC(=O)COc1c(C)ccc(C)c1C. The molecule has 0 atom stereocenters. The summed E-state index contributed by atoms with van der Waals surface area (Å²) in [6, 6.07) is 11.5. The molecule has 1 N–H and O–H groups in total. The highest BCUT2D eigenvalue weighted by Crippen LogP contribution is 2.26. The fourth-order valence-electron chi connectivity index (χ4n) is 2.49. The maximum absolute atomic E-state index is 12.3. The van der Waals surface area contributed by atoms with E-state index in [1.54, 1.807) is 0 Å². The number of aryl methyl sites for hydroxylation is 2. The third-order valence-electron chi connectivity index (χ3n) is 4.14. The molecule has 0 aliphatic heterocycles. The second kappa shape index (κ2) is 9.11. The van der Waals surface area contributed by atoms with Gasteiger partial charge in [0.05, 0.1) is 12.3 Å². The zero-order valence-corrected chi connectivity index (χ0v) is 15.5. The summed E-state index contributed by atoms with van der Waals surface area (Å²) in [6.45, 7) is 8.74. The standard InChI is InChI=1S/C21H27NO3/c1-5-6-13-24-19-10-8-7-9-18(19)22-20(23)14-25-21-16(3)12-11-15(2)17(21)4/h7-12H,5-6,13-14H2,1-4H3,(H,22,23). The molecule has 1 amide bonds. The minimum Gasteiger partial charge on any atom is -0.491 e. The lowest BCUT2D eigenvalue weighted by atomic mass is 10.1. The first-order valence-electron chi connectivity index (χ1n) is 8.74. The van der Waals surface area contributed by atoms with Gasteiger partial charge in [-0.15, -0.1) is 0 Å². The van der Waals surface area contributed by atoms with Crippen LogP contribution in [-0.4, -0.2) is 19.1 Å². The van der Waals surface area contributed by atoms with Gasteiger partial charge in [-0.25, -0.2) is 0 Å². The Kier molecular flexibility index (Phi) is 6.87. The molecular formula is C21H27NO3. The van der Waals surface area contributed by atoms with E-state index in [4.69, 9.17) is 9.47 Å². The second-order valence-corrected chi connectivity index (χ2v) is 6.19.